The molecule has 0 saturated carbocycles. The number of rotatable bonds is 23. The van der Waals surface area contributed by atoms with Gasteiger partial charge in [-0.05, 0) is 80.6 Å². The minimum atomic E-state index is -0.634. The van der Waals surface area contributed by atoms with Crippen molar-refractivity contribution in [2.75, 3.05) is 24.7 Å². The highest BCUT2D eigenvalue weighted by molar-refractivity contribution is 5.91. The normalized spacial score (nSPS) is 11.4. The molecule has 0 fully saturated rings. The zero-order valence-electron chi connectivity index (χ0n) is 26.6. The van der Waals surface area contributed by atoms with Crippen molar-refractivity contribution in [3.8, 4) is 5.75 Å². The molecule has 10 heteroatoms. The summed E-state index contributed by atoms with van der Waals surface area (Å²) in [6.45, 7) is 1.33. The van der Waals surface area contributed by atoms with Crippen LogP contribution in [0.4, 0.5) is 11.4 Å². The standard InChI is InChI=1S/C35H50N2O8/c1-2-3-4-11-14-30(44-34(40)26-43-35(41)27-17-19-28(36)20-18-27)15-12-9-7-5-6-8-10-13-16-32(38)42-25-33(39)45-31-23-21-29(37)22-24-31/h17-24,30H,2-16,25-26,36-37H2,1H3/t30-/m1/s1. The van der Waals surface area contributed by atoms with Crippen LogP contribution >= 0.6 is 0 Å². The molecule has 0 aliphatic rings. The zero-order valence-corrected chi connectivity index (χ0v) is 26.6. The van der Waals surface area contributed by atoms with Gasteiger partial charge in [-0.15, -0.1) is 0 Å². The molecule has 0 saturated heterocycles. The largest absolute Gasteiger partial charge is 0.460 e. The number of ether oxygens (including phenoxy) is 4. The van der Waals surface area contributed by atoms with Gasteiger partial charge < -0.3 is 30.4 Å². The highest BCUT2D eigenvalue weighted by atomic mass is 16.6. The number of nitrogen functional groups attached to an aromatic ring is 2. The van der Waals surface area contributed by atoms with Crippen molar-refractivity contribution in [1.29, 1.82) is 0 Å². The van der Waals surface area contributed by atoms with Gasteiger partial charge in [-0.3, -0.25) is 4.79 Å². The Kier molecular flexibility index (Phi) is 18.5. The van der Waals surface area contributed by atoms with Gasteiger partial charge >= 0.3 is 23.9 Å². The van der Waals surface area contributed by atoms with Gasteiger partial charge in [0.05, 0.1) is 5.56 Å². The number of hydrogen-bond donors (Lipinski definition) is 2. The molecule has 10 nitrogen and oxygen atoms in total. The summed E-state index contributed by atoms with van der Waals surface area (Å²) in [7, 11) is 0. The summed E-state index contributed by atoms with van der Waals surface area (Å²) < 4.78 is 20.9. The Morgan fingerprint density at radius 1 is 0.600 bits per heavy atom. The van der Waals surface area contributed by atoms with E-state index in [0.29, 0.717) is 29.1 Å². The average Bonchev–Trinajstić information content (AvgIpc) is 3.03. The quantitative estimate of drug-likeness (QED) is 0.0435. The first-order valence-electron chi connectivity index (χ1n) is 16.2. The van der Waals surface area contributed by atoms with Gasteiger partial charge in [0.2, 0.25) is 0 Å². The number of esters is 4. The third-order valence-electron chi connectivity index (χ3n) is 7.27. The molecule has 2 aromatic rings. The van der Waals surface area contributed by atoms with Crippen LogP contribution in [0, 0.1) is 0 Å². The van der Waals surface area contributed by atoms with Crippen molar-refractivity contribution < 1.29 is 38.1 Å². The molecule has 0 aliphatic carbocycles. The fraction of sp³-hybridized carbons (Fsp3) is 0.543. The summed E-state index contributed by atoms with van der Waals surface area (Å²) in [6, 6.07) is 12.7. The molecule has 0 aromatic heterocycles. The van der Waals surface area contributed by atoms with Crippen molar-refractivity contribution in [3.63, 3.8) is 0 Å². The van der Waals surface area contributed by atoms with Crippen LogP contribution < -0.4 is 16.2 Å². The molecule has 248 valence electrons. The lowest BCUT2D eigenvalue weighted by Gasteiger charge is -2.18. The molecule has 0 radical (unpaired) electrons. The Balaban J connectivity index is 1.52. The van der Waals surface area contributed by atoms with Crippen LogP contribution in [0.1, 0.15) is 114 Å². The Labute approximate surface area is 267 Å². The predicted octanol–water partition coefficient (Wildman–Crippen LogP) is 6.94. The van der Waals surface area contributed by atoms with Crippen LogP contribution in [-0.2, 0) is 28.6 Å². The van der Waals surface area contributed by atoms with E-state index in [0.717, 1.165) is 83.5 Å². The number of unbranched alkanes of at least 4 members (excludes halogenated alkanes) is 10. The van der Waals surface area contributed by atoms with Gasteiger partial charge in [0, 0.05) is 17.8 Å². The van der Waals surface area contributed by atoms with Gasteiger partial charge in [-0.2, -0.15) is 0 Å². The Morgan fingerprint density at radius 3 is 1.71 bits per heavy atom. The van der Waals surface area contributed by atoms with Crippen molar-refractivity contribution in [2.45, 2.75) is 109 Å². The zero-order chi connectivity index (χ0) is 32.7. The molecule has 2 aromatic carbocycles. The van der Waals surface area contributed by atoms with E-state index in [1.54, 1.807) is 48.5 Å². The first-order chi connectivity index (χ1) is 21.8. The Hall–Kier alpha value is -4.08. The second-order valence-electron chi connectivity index (χ2n) is 11.2. The van der Waals surface area contributed by atoms with Crippen LogP contribution in [0.25, 0.3) is 0 Å². The molecule has 45 heavy (non-hydrogen) atoms. The highest BCUT2D eigenvalue weighted by Gasteiger charge is 2.17. The third kappa shape index (κ3) is 17.7. The number of hydrogen-bond acceptors (Lipinski definition) is 10. The monoisotopic (exact) mass is 626 g/mol. The maximum Gasteiger partial charge on any atom is 0.349 e. The van der Waals surface area contributed by atoms with Gasteiger partial charge in [0.25, 0.3) is 0 Å². The summed E-state index contributed by atoms with van der Waals surface area (Å²) in [5.74, 6) is -1.80. The average molecular weight is 627 g/mol. The second kappa shape index (κ2) is 22.4. The van der Waals surface area contributed by atoms with Crippen molar-refractivity contribution in [3.05, 3.63) is 54.1 Å². The van der Waals surface area contributed by atoms with Gasteiger partial charge in [-0.25, -0.2) is 14.4 Å². The third-order valence-corrected chi connectivity index (χ3v) is 7.27. The maximum absolute atomic E-state index is 12.4. The minimum Gasteiger partial charge on any atom is -0.460 e. The smallest absolute Gasteiger partial charge is 0.349 e. The highest BCUT2D eigenvalue weighted by Crippen LogP contribution is 2.18. The molecule has 0 aliphatic heterocycles. The van der Waals surface area contributed by atoms with Crippen LogP contribution in [0.15, 0.2) is 48.5 Å². The van der Waals surface area contributed by atoms with Crippen molar-refractivity contribution >= 4 is 35.3 Å². The second-order valence-corrected chi connectivity index (χ2v) is 11.2. The number of anilines is 2. The van der Waals surface area contributed by atoms with Crippen LogP contribution in [0.5, 0.6) is 5.75 Å². The first kappa shape index (κ1) is 37.1. The fourth-order valence-electron chi connectivity index (χ4n) is 4.72. The lowest BCUT2D eigenvalue weighted by Crippen LogP contribution is -2.23. The predicted molar refractivity (Wildman–Crippen MR) is 173 cm³/mol. The molecule has 0 unspecified atom stereocenters. The van der Waals surface area contributed by atoms with E-state index < -0.39 is 37.1 Å². The van der Waals surface area contributed by atoms with E-state index >= 15 is 0 Å². The van der Waals surface area contributed by atoms with Gasteiger partial charge in [-0.1, -0.05) is 64.7 Å². The van der Waals surface area contributed by atoms with E-state index in [2.05, 4.69) is 6.92 Å². The molecular formula is C35H50N2O8. The molecule has 1 atom stereocenters. The number of carbonyl (C=O) groups excluding carboxylic acids is 4. The van der Waals surface area contributed by atoms with E-state index in [-0.39, 0.29) is 12.5 Å². The Morgan fingerprint density at radius 2 is 1.11 bits per heavy atom. The van der Waals surface area contributed by atoms with Gasteiger partial charge in [0.15, 0.2) is 13.2 Å². The van der Waals surface area contributed by atoms with Crippen LogP contribution in [-0.4, -0.2) is 43.2 Å². The summed E-state index contributed by atoms with van der Waals surface area (Å²) in [4.78, 5) is 48.3. The molecule has 0 heterocycles. The number of nitrogens with two attached hydrogens (primary N) is 2. The molecule has 4 N–H and O–H groups in total. The number of carbonyl (C=O) groups is 4. The van der Waals surface area contributed by atoms with E-state index in [9.17, 15) is 19.2 Å². The lowest BCUT2D eigenvalue weighted by atomic mass is 10.0. The fourth-order valence-corrected chi connectivity index (χ4v) is 4.72. The van der Waals surface area contributed by atoms with Crippen LogP contribution in [0.3, 0.4) is 0 Å². The minimum absolute atomic E-state index is 0.177. The Bertz CT molecular complexity index is 1150. The summed E-state index contributed by atoms with van der Waals surface area (Å²) >= 11 is 0. The summed E-state index contributed by atoms with van der Waals surface area (Å²) in [5.41, 5.74) is 12.7. The molecule has 2 rings (SSSR count). The van der Waals surface area contributed by atoms with E-state index in [1.165, 1.54) is 0 Å². The molecule has 0 amide bonds. The van der Waals surface area contributed by atoms with Crippen molar-refractivity contribution in [1.82, 2.24) is 0 Å². The SMILES string of the molecule is CCCCCC[C@H](CCCCCCCCCCC(=O)OCC(=O)Oc1ccc(N)cc1)OC(=O)COC(=O)c1ccc(N)cc1. The first-order valence-corrected chi connectivity index (χ1v) is 16.2. The lowest BCUT2D eigenvalue weighted by molar-refractivity contribution is -0.153. The molecular weight excluding hydrogens is 576 g/mol. The molecule has 0 bridgehead atoms. The number of benzene rings is 2. The molecule has 0 spiro atoms. The van der Waals surface area contributed by atoms with E-state index in [1.807, 2.05) is 0 Å². The maximum atomic E-state index is 12.4. The van der Waals surface area contributed by atoms with Crippen LogP contribution in [0.2, 0.25) is 0 Å². The summed E-state index contributed by atoms with van der Waals surface area (Å²) in [6.07, 6.45) is 14.0. The van der Waals surface area contributed by atoms with Crippen molar-refractivity contribution in [2.24, 2.45) is 0 Å². The van der Waals surface area contributed by atoms with E-state index in [4.69, 9.17) is 30.4 Å². The topological polar surface area (TPSA) is 157 Å². The van der Waals surface area contributed by atoms with Gasteiger partial charge in [0.1, 0.15) is 11.9 Å². The summed E-state index contributed by atoms with van der Waals surface area (Å²) in [5, 5.41) is 0.